The Labute approximate surface area is 135 Å². The van der Waals surface area contributed by atoms with Gasteiger partial charge in [-0.05, 0) is 12.8 Å². The van der Waals surface area contributed by atoms with Crippen LogP contribution in [0.25, 0.3) is 0 Å². The maximum atomic E-state index is 10.1. The van der Waals surface area contributed by atoms with E-state index in [1.165, 1.54) is 44.9 Å². The van der Waals surface area contributed by atoms with Crippen molar-refractivity contribution >= 4 is 29.9 Å². The number of carboxylic acid groups (broad SMARTS) is 1. The Morgan fingerprint density at radius 1 is 0.824 bits per heavy atom. The molecular weight excluding hydrogens is 366 g/mol. The number of hydrogen-bond acceptors (Lipinski definition) is 2. The first-order valence-electron chi connectivity index (χ1n) is 5.97. The number of rotatable bonds is 10. The SMILES string of the molecule is CCCCCCCCCCCC(=O)[O-].[Cl-].[Cl-].[SnH+3]. The third-order valence-corrected chi connectivity index (χ3v) is 2.48. The van der Waals surface area contributed by atoms with Gasteiger partial charge in [0.25, 0.3) is 0 Å². The molecule has 0 saturated carbocycles. The predicted octanol–water partition coefficient (Wildman–Crippen LogP) is -3.98. The molecule has 0 bridgehead atoms. The van der Waals surface area contributed by atoms with E-state index in [0.717, 1.165) is 12.8 Å². The summed E-state index contributed by atoms with van der Waals surface area (Å²) in [7, 11) is 0. The summed E-state index contributed by atoms with van der Waals surface area (Å²) >= 11 is 0. The second-order valence-electron chi connectivity index (χ2n) is 3.95. The van der Waals surface area contributed by atoms with E-state index in [9.17, 15) is 9.90 Å². The zero-order valence-electron chi connectivity index (χ0n) is 10.7. The summed E-state index contributed by atoms with van der Waals surface area (Å²) in [6.07, 6.45) is 11.2. The number of hydrogen-bond donors (Lipinski definition) is 0. The van der Waals surface area contributed by atoms with Crippen LogP contribution in [0.1, 0.15) is 71.1 Å². The van der Waals surface area contributed by atoms with Gasteiger partial charge in [0.2, 0.25) is 0 Å². The molecule has 0 rings (SSSR count). The third kappa shape index (κ3) is 26.5. The van der Waals surface area contributed by atoms with Gasteiger partial charge in [0.1, 0.15) is 0 Å². The molecule has 0 amide bonds. The minimum absolute atomic E-state index is 0. The normalized spacial score (nSPS) is 8.53. The van der Waals surface area contributed by atoms with Crippen molar-refractivity contribution in [3.63, 3.8) is 0 Å². The van der Waals surface area contributed by atoms with E-state index in [4.69, 9.17) is 0 Å². The van der Waals surface area contributed by atoms with E-state index in [2.05, 4.69) is 6.92 Å². The molecule has 5 heteroatoms. The van der Waals surface area contributed by atoms with E-state index in [0.29, 0.717) is 0 Å². The fourth-order valence-electron chi connectivity index (χ4n) is 1.58. The molecule has 0 unspecified atom stereocenters. The van der Waals surface area contributed by atoms with Gasteiger partial charge in [0.15, 0.2) is 0 Å². The van der Waals surface area contributed by atoms with Gasteiger partial charge in [-0.1, -0.05) is 58.3 Å². The van der Waals surface area contributed by atoms with Crippen molar-refractivity contribution in [1.29, 1.82) is 0 Å². The summed E-state index contributed by atoms with van der Waals surface area (Å²) in [5.74, 6) is -0.909. The van der Waals surface area contributed by atoms with Gasteiger partial charge in [-0.15, -0.1) is 0 Å². The van der Waals surface area contributed by atoms with E-state index >= 15 is 0 Å². The number of unbranched alkanes of at least 4 members (excludes halogenated alkanes) is 8. The molecule has 0 N–H and O–H groups in total. The van der Waals surface area contributed by atoms with Gasteiger partial charge in [-0.3, -0.25) is 0 Å². The average molecular weight is 390 g/mol. The van der Waals surface area contributed by atoms with Crippen molar-refractivity contribution in [2.75, 3.05) is 0 Å². The Morgan fingerprint density at radius 3 is 1.53 bits per heavy atom. The van der Waals surface area contributed by atoms with Crippen molar-refractivity contribution in [2.45, 2.75) is 71.1 Å². The van der Waals surface area contributed by atoms with Crippen LogP contribution in [0.5, 0.6) is 0 Å². The van der Waals surface area contributed by atoms with Crippen LogP contribution in [0, 0.1) is 0 Å². The van der Waals surface area contributed by atoms with Crippen molar-refractivity contribution in [2.24, 2.45) is 0 Å². The Hall–Kier alpha value is 0.849. The first kappa shape index (κ1) is 26.4. The zero-order chi connectivity index (χ0) is 10.6. The molecule has 0 aromatic carbocycles. The Bertz CT molecular complexity index is 146. The molecule has 0 spiro atoms. The quantitative estimate of drug-likeness (QED) is 0.282. The molecule has 0 heterocycles. The molecule has 0 aromatic rings. The standard InChI is InChI=1S/C12H24O2.2ClH.Sn.H/c1-2-3-4-5-6-7-8-9-10-11-12(13)14;;;;/h2-11H2,1H3,(H,13,14);2*1H;;/q;;;+3;/p-3. The molecule has 0 saturated heterocycles. The molecule has 0 aliphatic carbocycles. The third-order valence-electron chi connectivity index (χ3n) is 2.48. The summed E-state index contributed by atoms with van der Waals surface area (Å²) in [5, 5.41) is 10.1. The van der Waals surface area contributed by atoms with Crippen LogP contribution in [-0.4, -0.2) is 29.9 Å². The molecule has 102 valence electrons. The number of carboxylic acids is 1. The Kier molecular flexibility index (Phi) is 34.3. The molecule has 17 heavy (non-hydrogen) atoms. The molecule has 0 aliphatic rings. The number of halogens is 2. The Balaban J connectivity index is -0.000000282. The van der Waals surface area contributed by atoms with Crippen LogP contribution in [0.3, 0.4) is 0 Å². The van der Waals surface area contributed by atoms with Crippen molar-refractivity contribution in [3.8, 4) is 0 Å². The van der Waals surface area contributed by atoms with Gasteiger partial charge in [0.05, 0.1) is 0 Å². The summed E-state index contributed by atoms with van der Waals surface area (Å²) in [6, 6.07) is 0. The number of carbonyl (C=O) groups excluding carboxylic acids is 1. The predicted molar refractivity (Wildman–Crippen MR) is 64.0 cm³/mol. The molecule has 0 aromatic heterocycles. The molecule has 0 fully saturated rings. The molecule has 0 aliphatic heterocycles. The summed E-state index contributed by atoms with van der Waals surface area (Å²) in [6.45, 7) is 2.22. The number of aliphatic carboxylic acids is 1. The zero-order valence-corrected chi connectivity index (χ0v) is 15.5. The van der Waals surface area contributed by atoms with E-state index in [-0.39, 0.29) is 55.1 Å². The molecular formula is C12H24Cl2O2Sn. The van der Waals surface area contributed by atoms with Gasteiger partial charge >= 0.3 is 23.9 Å². The molecule has 0 radical (unpaired) electrons. The monoisotopic (exact) mass is 390 g/mol. The van der Waals surface area contributed by atoms with Gasteiger partial charge in [0, 0.05) is 5.97 Å². The van der Waals surface area contributed by atoms with E-state index in [1.807, 2.05) is 0 Å². The van der Waals surface area contributed by atoms with Crippen molar-refractivity contribution < 1.29 is 34.7 Å². The first-order chi connectivity index (χ1) is 6.77. The van der Waals surface area contributed by atoms with Crippen molar-refractivity contribution in [3.05, 3.63) is 0 Å². The minimum atomic E-state index is -0.909. The van der Waals surface area contributed by atoms with E-state index in [1.54, 1.807) is 0 Å². The van der Waals surface area contributed by atoms with E-state index < -0.39 is 5.97 Å². The summed E-state index contributed by atoms with van der Waals surface area (Å²) in [4.78, 5) is 10.1. The maximum absolute atomic E-state index is 10.1. The van der Waals surface area contributed by atoms with Gasteiger partial charge < -0.3 is 34.7 Å². The summed E-state index contributed by atoms with van der Waals surface area (Å²) in [5.41, 5.74) is 0. The van der Waals surface area contributed by atoms with Crippen LogP contribution >= 0.6 is 0 Å². The second-order valence-corrected chi connectivity index (χ2v) is 3.95. The fourth-order valence-corrected chi connectivity index (χ4v) is 1.58. The topological polar surface area (TPSA) is 40.1 Å². The van der Waals surface area contributed by atoms with Crippen LogP contribution < -0.4 is 29.9 Å². The van der Waals surface area contributed by atoms with Crippen LogP contribution in [0.4, 0.5) is 0 Å². The van der Waals surface area contributed by atoms with Crippen LogP contribution in [0.2, 0.25) is 0 Å². The molecule has 2 nitrogen and oxygen atoms in total. The average Bonchev–Trinajstić information content (AvgIpc) is 2.15. The second kappa shape index (κ2) is 22.1. The number of carbonyl (C=O) groups is 1. The summed E-state index contributed by atoms with van der Waals surface area (Å²) < 4.78 is 0. The first-order valence-corrected chi connectivity index (χ1v) is 5.97. The van der Waals surface area contributed by atoms with Crippen LogP contribution in [0.15, 0.2) is 0 Å². The Morgan fingerprint density at radius 2 is 1.18 bits per heavy atom. The van der Waals surface area contributed by atoms with Gasteiger partial charge in [-0.2, -0.15) is 0 Å². The van der Waals surface area contributed by atoms with Crippen LogP contribution in [-0.2, 0) is 4.79 Å². The molecule has 0 atom stereocenters. The van der Waals surface area contributed by atoms with Crippen molar-refractivity contribution in [1.82, 2.24) is 0 Å². The fraction of sp³-hybridized carbons (Fsp3) is 0.917. The van der Waals surface area contributed by atoms with Gasteiger partial charge in [-0.25, -0.2) is 0 Å².